The molecular formula is C53H78N8O12. The highest BCUT2D eigenvalue weighted by Gasteiger charge is 2.40. The zero-order valence-corrected chi connectivity index (χ0v) is 44.1. The molecule has 10 atom stereocenters. The number of phenolic OH excluding ortho intramolecular Hbond substituents is 1. The number of fused-ring (bicyclic) bond motifs is 5. The molecule has 3 aliphatic rings. The lowest BCUT2D eigenvalue weighted by atomic mass is 9.95. The summed E-state index contributed by atoms with van der Waals surface area (Å²) in [6.07, 6.45) is -0.189. The van der Waals surface area contributed by atoms with Crippen molar-refractivity contribution in [3.8, 4) is 17.2 Å². The van der Waals surface area contributed by atoms with E-state index in [1.54, 1.807) is 31.2 Å². The van der Waals surface area contributed by atoms with Crippen molar-refractivity contribution in [1.82, 2.24) is 42.5 Å². The SMILES string of the molecule is CCCC(=O)N[C@@H](CC(C)C)C(=O)N[C@H](C)C(=O)N[C@@H]1Cc2ccc(cc2)Oc2cc(ccc2O)C[C@@H]2NC(=O)[C@H]([C@@H](C)CC)NC(=O)[C@H](CC(C)C)NC(=O)[C@@H](CC(C)C)NC(=O)[C@@H](NC1=O)[C@@H](C)OC2=O. The van der Waals surface area contributed by atoms with Gasteiger partial charge >= 0.3 is 5.97 Å². The number of nitrogens with one attached hydrogen (secondary N) is 8. The molecule has 73 heavy (non-hydrogen) atoms. The maximum Gasteiger partial charge on any atom is 0.329 e. The quantitative estimate of drug-likeness (QED) is 0.116. The summed E-state index contributed by atoms with van der Waals surface area (Å²) in [5.41, 5.74) is 0.919. The third-order valence-electron chi connectivity index (χ3n) is 12.7. The van der Waals surface area contributed by atoms with E-state index < -0.39 is 108 Å². The minimum Gasteiger partial charge on any atom is -0.504 e. The second kappa shape index (κ2) is 27.4. The van der Waals surface area contributed by atoms with Gasteiger partial charge < -0.3 is 57.1 Å². The van der Waals surface area contributed by atoms with Gasteiger partial charge in [-0.2, -0.15) is 0 Å². The first kappa shape index (κ1) is 58.8. The van der Waals surface area contributed by atoms with Crippen LogP contribution in [0.4, 0.5) is 0 Å². The number of aromatic hydroxyl groups is 1. The van der Waals surface area contributed by atoms with Crippen LogP contribution in [0.15, 0.2) is 42.5 Å². The Morgan fingerprint density at radius 2 is 1.29 bits per heavy atom. The first-order valence-electron chi connectivity index (χ1n) is 25.6. The van der Waals surface area contributed by atoms with Crippen LogP contribution in [0.2, 0.25) is 0 Å². The highest BCUT2D eigenvalue weighted by atomic mass is 16.5. The number of amides is 8. The van der Waals surface area contributed by atoms with Crippen molar-refractivity contribution in [2.24, 2.45) is 23.7 Å². The first-order chi connectivity index (χ1) is 34.4. The van der Waals surface area contributed by atoms with E-state index in [0.29, 0.717) is 24.0 Å². The predicted octanol–water partition coefficient (Wildman–Crippen LogP) is 3.11. The number of carbonyl (C=O) groups excluding carboxylic acids is 9. The molecule has 6 bridgehead atoms. The van der Waals surface area contributed by atoms with Crippen LogP contribution in [0.1, 0.15) is 126 Å². The molecule has 0 saturated carbocycles. The van der Waals surface area contributed by atoms with E-state index in [1.165, 1.54) is 32.0 Å². The van der Waals surface area contributed by atoms with E-state index in [4.69, 9.17) is 9.47 Å². The molecule has 9 N–H and O–H groups in total. The number of benzene rings is 2. The van der Waals surface area contributed by atoms with Gasteiger partial charge in [0.25, 0.3) is 0 Å². The summed E-state index contributed by atoms with van der Waals surface area (Å²) in [7, 11) is 0. The zero-order chi connectivity index (χ0) is 54.3. The maximum atomic E-state index is 14.7. The van der Waals surface area contributed by atoms with Gasteiger partial charge in [0.15, 0.2) is 11.5 Å². The third-order valence-corrected chi connectivity index (χ3v) is 12.7. The standard InChI is InChI=1S/C53H78N8O12/c1-12-14-43(63)55-36(21-27(3)4)47(65)54-31(10)46(64)56-39-24-33-15-18-35(19-16-33)73-42-26-34(17-20-41(42)62)25-40-53(71)72-32(11)45(61-50(39)68)52(70)58-37(22-28(5)6)48(66)57-38(23-29(7)8)49(67)60-44(30(9)13-2)51(69)59-40/h15-20,26-32,36-40,44-45,62H,12-14,21-25H2,1-11H3,(H,54,65)(H,55,63)(H,56,64)(H,57,66)(H,58,70)(H,59,69)(H,60,67)(H,61,68)/t30-,31+,32+,36-,37+,38-,39+,40-,44-,45-/m0/s1. The van der Waals surface area contributed by atoms with E-state index in [2.05, 4.69) is 42.5 Å². The van der Waals surface area contributed by atoms with Gasteiger partial charge in [0.05, 0.1) is 0 Å². The van der Waals surface area contributed by atoms with Crippen LogP contribution < -0.4 is 47.3 Å². The van der Waals surface area contributed by atoms with E-state index in [9.17, 15) is 48.3 Å². The first-order valence-corrected chi connectivity index (χ1v) is 25.6. The average Bonchev–Trinajstić information content (AvgIpc) is 3.31. The molecule has 0 spiro atoms. The van der Waals surface area contributed by atoms with Gasteiger partial charge in [0.2, 0.25) is 47.3 Å². The van der Waals surface area contributed by atoms with Crippen LogP contribution >= 0.6 is 0 Å². The molecule has 0 aromatic heterocycles. The molecule has 402 valence electrons. The van der Waals surface area contributed by atoms with Crippen LogP contribution in [-0.4, -0.2) is 113 Å². The fraction of sp³-hybridized carbons (Fsp3) is 0.604. The normalized spacial score (nSPS) is 23.6. The Bertz CT molecular complexity index is 2290. The monoisotopic (exact) mass is 1020 g/mol. The van der Waals surface area contributed by atoms with E-state index in [0.717, 1.165) is 0 Å². The van der Waals surface area contributed by atoms with Crippen molar-refractivity contribution in [2.45, 2.75) is 182 Å². The summed E-state index contributed by atoms with van der Waals surface area (Å²) < 4.78 is 12.0. The van der Waals surface area contributed by atoms with Crippen LogP contribution in [0.5, 0.6) is 17.2 Å². The van der Waals surface area contributed by atoms with Crippen molar-refractivity contribution in [3.05, 3.63) is 53.6 Å². The molecule has 0 unspecified atom stereocenters. The van der Waals surface area contributed by atoms with Gasteiger partial charge in [-0.05, 0) is 98.6 Å². The second-order valence-electron chi connectivity index (χ2n) is 20.7. The summed E-state index contributed by atoms with van der Waals surface area (Å²) in [6, 6.07) is 0.317. The van der Waals surface area contributed by atoms with Crippen molar-refractivity contribution in [3.63, 3.8) is 0 Å². The molecule has 1 saturated heterocycles. The fourth-order valence-electron chi connectivity index (χ4n) is 8.47. The lowest BCUT2D eigenvalue weighted by Crippen LogP contribution is -2.63. The highest BCUT2D eigenvalue weighted by molar-refractivity contribution is 5.98. The molecule has 1 fully saturated rings. The van der Waals surface area contributed by atoms with Crippen LogP contribution in [-0.2, 0) is 60.7 Å². The summed E-state index contributed by atoms with van der Waals surface area (Å²) in [4.78, 5) is 127. The molecule has 5 rings (SSSR count). The topological polar surface area (TPSA) is 289 Å². The highest BCUT2D eigenvalue weighted by Crippen LogP contribution is 2.32. The summed E-state index contributed by atoms with van der Waals surface area (Å²) in [5, 5.41) is 32.7. The maximum absolute atomic E-state index is 14.7. The zero-order valence-electron chi connectivity index (χ0n) is 44.1. The van der Waals surface area contributed by atoms with Crippen molar-refractivity contribution in [2.75, 3.05) is 0 Å². The van der Waals surface area contributed by atoms with E-state index >= 15 is 0 Å². The van der Waals surface area contributed by atoms with Gasteiger partial charge in [-0.1, -0.05) is 86.9 Å². The van der Waals surface area contributed by atoms with Crippen molar-refractivity contribution >= 4 is 53.2 Å². The summed E-state index contributed by atoms with van der Waals surface area (Å²) in [5.74, 6) is -7.46. The molecule has 0 aliphatic carbocycles. The second-order valence-corrected chi connectivity index (χ2v) is 20.7. The lowest BCUT2D eigenvalue weighted by molar-refractivity contribution is -0.156. The Balaban J connectivity index is 1.87. The number of hydrogen-bond donors (Lipinski definition) is 9. The minimum atomic E-state index is -1.74. The predicted molar refractivity (Wildman–Crippen MR) is 271 cm³/mol. The van der Waals surface area contributed by atoms with Gasteiger partial charge in [-0.3, -0.25) is 38.4 Å². The number of esters is 1. The van der Waals surface area contributed by atoms with Crippen molar-refractivity contribution < 1.29 is 57.7 Å². The smallest absolute Gasteiger partial charge is 0.329 e. The molecule has 3 heterocycles. The van der Waals surface area contributed by atoms with Crippen LogP contribution in [0, 0.1) is 23.7 Å². The van der Waals surface area contributed by atoms with E-state index in [-0.39, 0.29) is 79.4 Å². The Labute approximate surface area is 428 Å². The number of rotatable bonds is 15. The molecule has 2 aromatic carbocycles. The number of phenols is 1. The van der Waals surface area contributed by atoms with Gasteiger partial charge in [0.1, 0.15) is 60.2 Å². The van der Waals surface area contributed by atoms with Crippen LogP contribution in [0.25, 0.3) is 0 Å². The molecule has 3 aliphatic heterocycles. The largest absolute Gasteiger partial charge is 0.504 e. The molecule has 0 radical (unpaired) electrons. The summed E-state index contributed by atoms with van der Waals surface area (Å²) >= 11 is 0. The van der Waals surface area contributed by atoms with Crippen molar-refractivity contribution in [1.29, 1.82) is 0 Å². The Morgan fingerprint density at radius 1 is 0.685 bits per heavy atom. The van der Waals surface area contributed by atoms with Crippen LogP contribution in [0.3, 0.4) is 0 Å². The van der Waals surface area contributed by atoms with Gasteiger partial charge in [-0.15, -0.1) is 0 Å². The molecule has 8 amide bonds. The number of hydrogen-bond acceptors (Lipinski definition) is 12. The van der Waals surface area contributed by atoms with Gasteiger partial charge in [0, 0.05) is 19.3 Å². The average molecular weight is 1020 g/mol. The molecule has 20 heteroatoms. The summed E-state index contributed by atoms with van der Waals surface area (Å²) in [6.45, 7) is 19.3. The molecular weight excluding hydrogens is 941 g/mol. The Morgan fingerprint density at radius 3 is 1.88 bits per heavy atom. The third kappa shape index (κ3) is 17.8. The fourth-order valence-corrected chi connectivity index (χ4v) is 8.47. The Hall–Kier alpha value is -6.73. The minimum absolute atomic E-state index is 0.00410. The number of carbonyl (C=O) groups is 9. The molecule has 2 aromatic rings. The lowest BCUT2D eigenvalue weighted by Gasteiger charge is -2.32. The van der Waals surface area contributed by atoms with Gasteiger partial charge in [-0.25, -0.2) is 4.79 Å². The van der Waals surface area contributed by atoms with E-state index in [1.807, 2.05) is 55.4 Å². The molecule has 20 nitrogen and oxygen atoms in total. The Kier molecular flexibility index (Phi) is 22.1. The number of ether oxygens (including phenoxy) is 2.